The van der Waals surface area contributed by atoms with Crippen molar-refractivity contribution in [2.75, 3.05) is 5.33 Å². The summed E-state index contributed by atoms with van der Waals surface area (Å²) >= 11 is 3.20. The number of hydrogen-bond acceptors (Lipinski definition) is 0. The molecule has 1 aromatic rings. The van der Waals surface area contributed by atoms with Gasteiger partial charge in [0.25, 0.3) is 0 Å². The molecule has 1 rings (SSSR count). The molecule has 0 saturated carbocycles. The first-order chi connectivity index (χ1) is 7.45. The van der Waals surface area contributed by atoms with Crippen molar-refractivity contribution in [3.8, 4) is 11.8 Å². The zero-order valence-corrected chi connectivity index (χ0v) is 10.2. The summed E-state index contributed by atoms with van der Waals surface area (Å²) in [7, 11) is 0. The van der Waals surface area contributed by atoms with Gasteiger partial charge in [-0.1, -0.05) is 33.8 Å². The molecule has 0 unspecified atom stereocenters. The van der Waals surface area contributed by atoms with Gasteiger partial charge in [-0.25, -0.2) is 0 Å². The van der Waals surface area contributed by atoms with Crippen molar-refractivity contribution in [1.82, 2.24) is 0 Å². The van der Waals surface area contributed by atoms with Crippen LogP contribution in [0.25, 0.3) is 0 Å². The average Bonchev–Trinajstić information content (AvgIpc) is 2.19. The van der Waals surface area contributed by atoms with Crippen molar-refractivity contribution < 1.29 is 13.2 Å². The Morgan fingerprint density at radius 1 is 1.31 bits per heavy atom. The second kappa shape index (κ2) is 5.40. The minimum absolute atomic E-state index is 0.221. The maximum atomic E-state index is 12.6. The van der Waals surface area contributed by atoms with Crippen LogP contribution in [0.2, 0.25) is 0 Å². The van der Waals surface area contributed by atoms with Gasteiger partial charge in [0.15, 0.2) is 0 Å². The Morgan fingerprint density at radius 2 is 2.00 bits per heavy atom. The van der Waals surface area contributed by atoms with Crippen LogP contribution in [-0.4, -0.2) is 5.33 Å². The molecule has 0 aliphatic carbocycles. The van der Waals surface area contributed by atoms with E-state index in [4.69, 9.17) is 0 Å². The zero-order chi connectivity index (χ0) is 12.2. The topological polar surface area (TPSA) is 0 Å². The number of rotatable bonds is 1. The Morgan fingerprint density at radius 3 is 2.56 bits per heavy atom. The Kier molecular flexibility index (Phi) is 4.43. The fourth-order valence-corrected chi connectivity index (χ4v) is 1.42. The third-order valence-electron chi connectivity index (χ3n) is 2.00. The van der Waals surface area contributed by atoms with E-state index in [0.717, 1.165) is 11.4 Å². The van der Waals surface area contributed by atoms with E-state index in [0.29, 0.717) is 12.0 Å². The van der Waals surface area contributed by atoms with Crippen molar-refractivity contribution in [3.63, 3.8) is 0 Å². The summed E-state index contributed by atoms with van der Waals surface area (Å²) in [5, 5.41) is 0.720. The van der Waals surface area contributed by atoms with Gasteiger partial charge >= 0.3 is 6.18 Å². The number of hydrogen-bond donors (Lipinski definition) is 0. The predicted octanol–water partition coefficient (Wildman–Crippen LogP) is 4.15. The molecule has 0 fully saturated rings. The lowest BCUT2D eigenvalue weighted by molar-refractivity contribution is -0.138. The van der Waals surface area contributed by atoms with E-state index < -0.39 is 11.7 Å². The maximum absolute atomic E-state index is 12.6. The van der Waals surface area contributed by atoms with Crippen LogP contribution in [0.1, 0.15) is 23.1 Å². The van der Waals surface area contributed by atoms with Crippen molar-refractivity contribution >= 4 is 15.9 Å². The highest BCUT2D eigenvalue weighted by Crippen LogP contribution is 2.32. The minimum Gasteiger partial charge on any atom is -0.166 e. The van der Waals surface area contributed by atoms with Gasteiger partial charge in [-0.15, -0.1) is 0 Å². The number of benzene rings is 1. The van der Waals surface area contributed by atoms with E-state index in [1.165, 1.54) is 13.0 Å². The molecule has 0 nitrogen and oxygen atoms in total. The molecule has 1 aromatic carbocycles. The van der Waals surface area contributed by atoms with Crippen molar-refractivity contribution in [2.24, 2.45) is 0 Å². The molecule has 0 amide bonds. The van der Waals surface area contributed by atoms with E-state index in [1.54, 1.807) is 6.07 Å². The Hall–Kier alpha value is -0.950. The predicted molar refractivity (Wildman–Crippen MR) is 61.5 cm³/mol. The molecular formula is C12H10BrF3. The Balaban J connectivity index is 3.05. The highest BCUT2D eigenvalue weighted by Gasteiger charge is 2.32. The van der Waals surface area contributed by atoms with E-state index in [2.05, 4.69) is 27.8 Å². The zero-order valence-electron chi connectivity index (χ0n) is 8.66. The molecule has 0 aliphatic rings. The van der Waals surface area contributed by atoms with E-state index in [-0.39, 0.29) is 5.56 Å². The van der Waals surface area contributed by atoms with E-state index in [9.17, 15) is 13.2 Å². The third kappa shape index (κ3) is 3.57. The lowest BCUT2D eigenvalue weighted by atomic mass is 10.0. The summed E-state index contributed by atoms with van der Waals surface area (Å²) in [5.41, 5.74) is 0.00978. The molecule has 0 saturated heterocycles. The first-order valence-electron chi connectivity index (χ1n) is 4.68. The van der Waals surface area contributed by atoms with Gasteiger partial charge in [0, 0.05) is 17.3 Å². The van der Waals surface area contributed by atoms with Crippen molar-refractivity contribution in [2.45, 2.75) is 19.5 Å². The van der Waals surface area contributed by atoms with Gasteiger partial charge in [-0.2, -0.15) is 13.2 Å². The Labute approximate surface area is 101 Å². The summed E-state index contributed by atoms with van der Waals surface area (Å²) < 4.78 is 37.7. The summed E-state index contributed by atoms with van der Waals surface area (Å²) in [6.45, 7) is 1.44. The molecule has 0 heterocycles. The lowest BCUT2D eigenvalue weighted by Gasteiger charge is -2.09. The normalized spacial score (nSPS) is 10.8. The van der Waals surface area contributed by atoms with E-state index >= 15 is 0 Å². The monoisotopic (exact) mass is 290 g/mol. The van der Waals surface area contributed by atoms with E-state index in [1.807, 2.05) is 0 Å². The molecule has 86 valence electrons. The van der Waals surface area contributed by atoms with Gasteiger partial charge in [-0.3, -0.25) is 0 Å². The smallest absolute Gasteiger partial charge is 0.166 e. The van der Waals surface area contributed by atoms with Crippen LogP contribution in [0, 0.1) is 18.8 Å². The summed E-state index contributed by atoms with van der Waals surface area (Å²) in [5.74, 6) is 5.49. The molecule has 0 radical (unpaired) electrons. The van der Waals surface area contributed by atoms with Crippen LogP contribution < -0.4 is 0 Å². The second-order valence-electron chi connectivity index (χ2n) is 3.27. The maximum Gasteiger partial charge on any atom is 0.416 e. The first-order valence-corrected chi connectivity index (χ1v) is 5.80. The molecule has 0 spiro atoms. The molecule has 16 heavy (non-hydrogen) atoms. The first kappa shape index (κ1) is 13.1. The fraction of sp³-hybridized carbons (Fsp3) is 0.333. The van der Waals surface area contributed by atoms with Crippen LogP contribution in [0.5, 0.6) is 0 Å². The van der Waals surface area contributed by atoms with Crippen molar-refractivity contribution in [1.29, 1.82) is 0 Å². The average molecular weight is 291 g/mol. The SMILES string of the molecule is Cc1ccc(C#CCCBr)cc1C(F)(F)F. The Bertz CT molecular complexity index is 424. The quantitative estimate of drug-likeness (QED) is 0.538. The summed E-state index contributed by atoms with van der Waals surface area (Å²) in [6, 6.07) is 4.14. The number of halogens is 4. The molecule has 4 heteroatoms. The molecule has 0 atom stereocenters. The third-order valence-corrected chi connectivity index (χ3v) is 2.39. The highest BCUT2D eigenvalue weighted by atomic mass is 79.9. The number of alkyl halides is 4. The molecule has 0 bridgehead atoms. The fourth-order valence-electron chi connectivity index (χ4n) is 1.22. The van der Waals surface area contributed by atoms with Crippen LogP contribution >= 0.6 is 15.9 Å². The standard InChI is InChI=1S/C12H10BrF3/c1-9-5-6-10(4-2-3-7-13)8-11(9)12(14,15)16/h5-6,8H,3,7H2,1H3. The molecule has 0 aliphatic heterocycles. The minimum atomic E-state index is -4.31. The van der Waals surface area contributed by atoms with Gasteiger partial charge in [0.1, 0.15) is 0 Å². The molecule has 0 N–H and O–H groups in total. The molecule has 0 aromatic heterocycles. The van der Waals surface area contributed by atoms with Gasteiger partial charge in [-0.05, 0) is 24.6 Å². The van der Waals surface area contributed by atoms with Gasteiger partial charge in [0.2, 0.25) is 0 Å². The van der Waals surface area contributed by atoms with Gasteiger partial charge < -0.3 is 0 Å². The second-order valence-corrected chi connectivity index (χ2v) is 4.06. The largest absolute Gasteiger partial charge is 0.416 e. The summed E-state index contributed by atoms with van der Waals surface area (Å²) in [6.07, 6.45) is -3.69. The number of aryl methyl sites for hydroxylation is 1. The van der Waals surface area contributed by atoms with Crippen LogP contribution in [0.15, 0.2) is 18.2 Å². The van der Waals surface area contributed by atoms with Crippen LogP contribution in [-0.2, 0) is 6.18 Å². The van der Waals surface area contributed by atoms with Crippen LogP contribution in [0.3, 0.4) is 0 Å². The lowest BCUT2D eigenvalue weighted by Crippen LogP contribution is -2.07. The molecular weight excluding hydrogens is 281 g/mol. The van der Waals surface area contributed by atoms with Crippen LogP contribution in [0.4, 0.5) is 13.2 Å². The van der Waals surface area contributed by atoms with Gasteiger partial charge in [0.05, 0.1) is 5.56 Å². The highest BCUT2D eigenvalue weighted by molar-refractivity contribution is 9.09. The summed E-state index contributed by atoms with van der Waals surface area (Å²) in [4.78, 5) is 0. The van der Waals surface area contributed by atoms with Crippen molar-refractivity contribution in [3.05, 3.63) is 34.9 Å².